The summed E-state index contributed by atoms with van der Waals surface area (Å²) in [4.78, 5) is 41.5. The van der Waals surface area contributed by atoms with Gasteiger partial charge in [0.15, 0.2) is 12.2 Å². The fourth-order valence-electron chi connectivity index (χ4n) is 7.63. The first kappa shape index (κ1) is 32.1. The minimum Gasteiger partial charge on any atom is -0.486 e. The highest BCUT2D eigenvalue weighted by atomic mass is 16.5. The Hall–Kier alpha value is -4.16. The van der Waals surface area contributed by atoms with Gasteiger partial charge < -0.3 is 34.7 Å². The van der Waals surface area contributed by atoms with Crippen molar-refractivity contribution in [3.63, 3.8) is 0 Å². The fraction of sp³-hybridized carbons (Fsp3) is 0.568. The van der Waals surface area contributed by atoms with E-state index < -0.39 is 6.10 Å². The van der Waals surface area contributed by atoms with E-state index >= 15 is 0 Å². The number of aliphatic hydroxyl groups is 1. The van der Waals surface area contributed by atoms with Gasteiger partial charge in [-0.25, -0.2) is 9.97 Å². The maximum Gasteiger partial charge on any atom is 0.251 e. The van der Waals surface area contributed by atoms with E-state index in [0.717, 1.165) is 68.2 Å². The Morgan fingerprint density at radius 2 is 1.90 bits per heavy atom. The predicted molar refractivity (Wildman–Crippen MR) is 183 cm³/mol. The van der Waals surface area contributed by atoms with Crippen molar-refractivity contribution in [1.29, 1.82) is 0 Å². The molecule has 3 N–H and O–H groups in total. The summed E-state index contributed by atoms with van der Waals surface area (Å²) in [5.41, 5.74) is 4.38. The number of aryl methyl sites for hydroxylation is 1. The van der Waals surface area contributed by atoms with Crippen LogP contribution in [0.1, 0.15) is 71.5 Å². The van der Waals surface area contributed by atoms with Crippen LogP contribution >= 0.6 is 0 Å². The molecule has 12 nitrogen and oxygen atoms in total. The number of nitrogens with one attached hydrogen (secondary N) is 2. The number of nitrogens with zero attached hydrogens (tertiary/aromatic N) is 5. The highest BCUT2D eigenvalue weighted by Gasteiger charge is 2.53. The third-order valence-electron chi connectivity index (χ3n) is 11.0. The van der Waals surface area contributed by atoms with Crippen LogP contribution in [0.15, 0.2) is 41.1 Å². The van der Waals surface area contributed by atoms with Crippen molar-refractivity contribution in [2.24, 2.45) is 11.3 Å². The lowest BCUT2D eigenvalue weighted by atomic mass is 9.77. The number of amides is 2. The Balaban J connectivity index is 0.854. The van der Waals surface area contributed by atoms with Crippen LogP contribution < -0.4 is 20.3 Å². The molecule has 260 valence electrons. The zero-order valence-corrected chi connectivity index (χ0v) is 28.3. The molecule has 0 unspecified atom stereocenters. The Bertz CT molecular complexity index is 1690. The van der Waals surface area contributed by atoms with Crippen LogP contribution in [-0.4, -0.2) is 94.6 Å². The number of hydrogen-bond donors (Lipinski definition) is 3. The van der Waals surface area contributed by atoms with Gasteiger partial charge in [-0.15, -0.1) is 0 Å². The Labute approximate surface area is 287 Å². The molecule has 2 aromatic heterocycles. The van der Waals surface area contributed by atoms with Crippen LogP contribution in [0.5, 0.6) is 5.75 Å². The van der Waals surface area contributed by atoms with Gasteiger partial charge in [0.2, 0.25) is 5.91 Å². The van der Waals surface area contributed by atoms with Crippen LogP contribution in [0, 0.1) is 18.3 Å². The van der Waals surface area contributed by atoms with Crippen LogP contribution in [0.2, 0.25) is 0 Å². The molecular formula is C37H47N7O5. The number of β-amino-alcohol motifs (C(OH)–C–C–N with tert-alkyl or cyclic N) is 1. The number of fused-ring (bicyclic) bond motifs is 1. The van der Waals surface area contributed by atoms with Crippen molar-refractivity contribution in [1.82, 2.24) is 25.1 Å². The molecule has 5 aliphatic rings. The van der Waals surface area contributed by atoms with Crippen LogP contribution in [0.25, 0.3) is 0 Å². The summed E-state index contributed by atoms with van der Waals surface area (Å²) in [7, 11) is 0. The molecule has 2 amide bonds. The summed E-state index contributed by atoms with van der Waals surface area (Å²) in [6, 6.07) is 10.2. The summed E-state index contributed by atoms with van der Waals surface area (Å²) < 4.78 is 11.3. The van der Waals surface area contributed by atoms with Gasteiger partial charge in [0.1, 0.15) is 24.0 Å². The van der Waals surface area contributed by atoms with Crippen LogP contribution in [-0.2, 0) is 24.4 Å². The van der Waals surface area contributed by atoms with Crippen LogP contribution in [0.4, 0.5) is 11.6 Å². The molecule has 3 saturated carbocycles. The molecular weight excluding hydrogens is 622 g/mol. The summed E-state index contributed by atoms with van der Waals surface area (Å²) in [5, 5.41) is 17.5. The van der Waals surface area contributed by atoms with Crippen molar-refractivity contribution < 1.29 is 23.8 Å². The van der Waals surface area contributed by atoms with Gasteiger partial charge in [0, 0.05) is 69.9 Å². The van der Waals surface area contributed by atoms with Gasteiger partial charge in [-0.1, -0.05) is 6.07 Å². The van der Waals surface area contributed by atoms with Gasteiger partial charge in [0.05, 0.1) is 11.8 Å². The van der Waals surface area contributed by atoms with E-state index in [0.29, 0.717) is 62.2 Å². The second-order valence-electron chi connectivity index (χ2n) is 14.9. The van der Waals surface area contributed by atoms with E-state index in [4.69, 9.17) is 14.1 Å². The predicted octanol–water partition coefficient (Wildman–Crippen LogP) is 3.52. The number of aliphatic hydroxyl groups excluding tert-OH is 1. The highest BCUT2D eigenvalue weighted by molar-refractivity contribution is 5.95. The summed E-state index contributed by atoms with van der Waals surface area (Å²) in [5.74, 6) is 3.27. The van der Waals surface area contributed by atoms with Crippen molar-refractivity contribution >= 4 is 23.5 Å². The number of piperazine rings is 1. The first-order valence-electron chi connectivity index (χ1n) is 17.9. The number of oxazole rings is 1. The normalized spacial score (nSPS) is 20.8. The number of hydrogen-bond acceptors (Lipinski definition) is 10. The van der Waals surface area contributed by atoms with Crippen LogP contribution in [0.3, 0.4) is 0 Å². The van der Waals surface area contributed by atoms with Gasteiger partial charge in [-0.3, -0.25) is 14.5 Å². The number of carbonyl (C=O) groups is 2. The summed E-state index contributed by atoms with van der Waals surface area (Å²) in [6.07, 6.45) is 8.57. The zero-order chi connectivity index (χ0) is 33.5. The van der Waals surface area contributed by atoms with Crippen molar-refractivity contribution in [3.8, 4) is 5.75 Å². The number of pyridine rings is 1. The van der Waals surface area contributed by atoms with Gasteiger partial charge in [-0.2, -0.15) is 0 Å². The van der Waals surface area contributed by atoms with Crippen molar-refractivity contribution in [2.75, 3.05) is 56.0 Å². The molecule has 1 spiro atoms. The highest BCUT2D eigenvalue weighted by Crippen LogP contribution is 2.61. The van der Waals surface area contributed by atoms with E-state index in [2.05, 4.69) is 37.6 Å². The fourth-order valence-corrected chi connectivity index (χ4v) is 7.63. The SMILES string of the molecule is Cc1ncoc1COc1ccc2c(c1)CCN(C[C@@H](O)CNC(=O)c1cc(NC3CC4(CC4)C3)nc(N3CCN(C(=O)C4CC4)CC3)c1)C2. The van der Waals surface area contributed by atoms with E-state index in [9.17, 15) is 14.7 Å². The average Bonchev–Trinajstić information content (AvgIpc) is 4.04. The Morgan fingerprint density at radius 3 is 2.63 bits per heavy atom. The van der Waals surface area contributed by atoms with E-state index in [1.54, 1.807) is 0 Å². The number of rotatable bonds is 12. The topological polar surface area (TPSA) is 136 Å². The maximum absolute atomic E-state index is 13.5. The maximum atomic E-state index is 13.5. The smallest absolute Gasteiger partial charge is 0.251 e. The zero-order valence-electron chi connectivity index (χ0n) is 28.3. The van der Waals surface area contributed by atoms with Crippen molar-refractivity contribution in [3.05, 3.63) is 64.9 Å². The third-order valence-corrected chi connectivity index (χ3v) is 11.0. The molecule has 4 heterocycles. The second-order valence-corrected chi connectivity index (χ2v) is 14.9. The third kappa shape index (κ3) is 7.40. The summed E-state index contributed by atoms with van der Waals surface area (Å²) in [6.45, 7) is 7.13. The number of anilines is 2. The van der Waals surface area contributed by atoms with Crippen molar-refractivity contribution in [2.45, 2.75) is 77.2 Å². The Morgan fingerprint density at radius 1 is 1.08 bits per heavy atom. The molecule has 3 aromatic rings. The minimum absolute atomic E-state index is 0.156. The second kappa shape index (κ2) is 13.3. The van der Waals surface area contributed by atoms with Gasteiger partial charge in [-0.05, 0) is 92.7 Å². The monoisotopic (exact) mass is 669 g/mol. The minimum atomic E-state index is -0.709. The number of ether oxygens (including phenoxy) is 1. The molecule has 1 atom stereocenters. The average molecular weight is 670 g/mol. The molecule has 8 rings (SSSR count). The molecule has 0 radical (unpaired) electrons. The Kier molecular flexibility index (Phi) is 8.69. The largest absolute Gasteiger partial charge is 0.486 e. The van der Waals surface area contributed by atoms with E-state index in [1.165, 1.54) is 30.4 Å². The lowest BCUT2D eigenvalue weighted by Crippen LogP contribution is -2.49. The molecule has 1 aromatic carbocycles. The first-order chi connectivity index (χ1) is 23.8. The standard InChI is InChI=1S/C37H47N7O5/c1-24-32(49-23-39-24)22-48-31-5-4-27-20-42(9-6-26(27)14-31)21-30(45)19-38-35(46)28-15-33(40-29-17-37(18-29)7-8-37)41-34(16-28)43-10-12-44(13-11-43)36(47)25-2-3-25/h4-5,14-16,23,25,29-30,45H,2-3,6-13,17-22H2,1H3,(H,38,46)(H,40,41)/t30-/m0/s1. The molecule has 12 heteroatoms. The molecule has 4 fully saturated rings. The lowest BCUT2D eigenvalue weighted by molar-refractivity contribution is -0.132. The van der Waals surface area contributed by atoms with Gasteiger partial charge in [0.25, 0.3) is 5.91 Å². The van der Waals surface area contributed by atoms with E-state index in [1.807, 2.05) is 30.0 Å². The first-order valence-corrected chi connectivity index (χ1v) is 17.9. The lowest BCUT2D eigenvalue weighted by Gasteiger charge is -2.38. The molecule has 3 aliphatic carbocycles. The molecule has 49 heavy (non-hydrogen) atoms. The summed E-state index contributed by atoms with van der Waals surface area (Å²) >= 11 is 0. The molecule has 1 saturated heterocycles. The van der Waals surface area contributed by atoms with Gasteiger partial charge >= 0.3 is 0 Å². The quantitative estimate of drug-likeness (QED) is 0.263. The molecule has 2 aliphatic heterocycles. The number of carbonyl (C=O) groups excluding carboxylic acids is 2. The number of benzene rings is 1. The number of aromatic nitrogens is 2. The van der Waals surface area contributed by atoms with E-state index in [-0.39, 0.29) is 24.3 Å². The molecule has 0 bridgehead atoms.